The first-order valence-electron chi connectivity index (χ1n) is 6.78. The zero-order valence-electron chi connectivity index (χ0n) is 12.8. The van der Waals surface area contributed by atoms with Gasteiger partial charge in [0.15, 0.2) is 9.84 Å². The van der Waals surface area contributed by atoms with Crippen molar-refractivity contribution >= 4 is 27.3 Å². The highest BCUT2D eigenvalue weighted by atomic mass is 35.5. The predicted molar refractivity (Wildman–Crippen MR) is 75.9 cm³/mol. The molecule has 0 aliphatic rings. The molecule has 2 unspecified atom stereocenters. The number of halogens is 7. The van der Waals surface area contributed by atoms with E-state index in [2.05, 4.69) is 0 Å². The average Bonchev–Trinajstić information content (AvgIpc) is 2.33. The quantitative estimate of drug-likeness (QED) is 0.496. The molecule has 2 N–H and O–H groups in total. The predicted octanol–water partition coefficient (Wildman–Crippen LogP) is 3.39. The molecular formula is C12H18ClF6NO3S. The highest BCUT2D eigenvalue weighted by molar-refractivity contribution is 7.95. The zero-order valence-corrected chi connectivity index (χ0v) is 14.4. The Hall–Kier alpha value is -0.710. The molecule has 0 bridgehead atoms. The smallest absolute Gasteiger partial charge is 0.367 e. The van der Waals surface area contributed by atoms with E-state index in [9.17, 15) is 39.6 Å². The first-order valence-corrected chi connectivity index (χ1v) is 8.81. The maximum Gasteiger partial charge on any atom is 0.392 e. The van der Waals surface area contributed by atoms with Crippen molar-refractivity contribution in [2.45, 2.75) is 49.7 Å². The summed E-state index contributed by atoms with van der Waals surface area (Å²) in [5.41, 5.74) is 4.86. The number of carbonyl (C=O) groups is 1. The summed E-state index contributed by atoms with van der Waals surface area (Å²) in [6.45, 7) is 2.47. The van der Waals surface area contributed by atoms with Gasteiger partial charge in [-0.3, -0.25) is 4.79 Å². The van der Waals surface area contributed by atoms with Crippen molar-refractivity contribution in [1.82, 2.24) is 0 Å². The Bertz CT molecular complexity index is 546. The average molecular weight is 406 g/mol. The molecule has 4 nitrogen and oxygen atoms in total. The molecule has 0 saturated carbocycles. The normalized spacial score (nSPS) is 17.6. The van der Waals surface area contributed by atoms with Gasteiger partial charge in [-0.15, -0.1) is 0 Å². The largest absolute Gasteiger partial charge is 0.392 e. The lowest BCUT2D eigenvalue weighted by Gasteiger charge is -2.29. The van der Waals surface area contributed by atoms with Crippen LogP contribution < -0.4 is 5.73 Å². The van der Waals surface area contributed by atoms with Gasteiger partial charge in [0.25, 0.3) is 5.91 Å². The minimum Gasteiger partial charge on any atom is -0.367 e. The summed E-state index contributed by atoms with van der Waals surface area (Å²) in [5.74, 6) is -6.16. The molecule has 1 amide bonds. The van der Waals surface area contributed by atoms with Crippen molar-refractivity contribution in [2.24, 2.45) is 17.6 Å². The van der Waals surface area contributed by atoms with Crippen LogP contribution in [0, 0.1) is 11.8 Å². The summed E-state index contributed by atoms with van der Waals surface area (Å²) in [5, 5.41) is 0. The van der Waals surface area contributed by atoms with E-state index in [1.54, 1.807) is 0 Å². The number of nitrogens with two attached hydrogens (primary N) is 1. The molecule has 24 heavy (non-hydrogen) atoms. The van der Waals surface area contributed by atoms with Gasteiger partial charge in [0.1, 0.15) is 0 Å². The van der Waals surface area contributed by atoms with Crippen LogP contribution in [0.3, 0.4) is 0 Å². The van der Waals surface area contributed by atoms with Crippen molar-refractivity contribution in [1.29, 1.82) is 0 Å². The zero-order chi connectivity index (χ0) is 19.6. The van der Waals surface area contributed by atoms with Crippen LogP contribution >= 0.6 is 11.6 Å². The first-order chi connectivity index (χ1) is 10.4. The Balaban J connectivity index is 5.43. The summed E-state index contributed by atoms with van der Waals surface area (Å²) in [7, 11) is -4.92. The monoisotopic (exact) mass is 405 g/mol. The molecule has 0 aromatic heterocycles. The van der Waals surface area contributed by atoms with Crippen LogP contribution in [0.15, 0.2) is 0 Å². The second kappa shape index (κ2) is 7.67. The Morgan fingerprint density at radius 2 is 1.54 bits per heavy atom. The molecule has 0 aromatic rings. The standard InChI is InChI=1S/C12H18ClF6NO3S/c1-7(2)8(12(17,18)19)3-4-10(13,9(20)21)24(22,23)6-5-11(14,15)16/h7-8H,3-6H2,1-2H3,(H2,20,21). The SMILES string of the molecule is CC(C)C(CCC(Cl)(C(N)=O)S(=O)(=O)CCC(F)(F)F)C(F)(F)F. The van der Waals surface area contributed by atoms with Gasteiger partial charge in [0, 0.05) is 0 Å². The summed E-state index contributed by atoms with van der Waals surface area (Å²) in [6.07, 6.45) is -13.2. The fourth-order valence-corrected chi connectivity index (χ4v) is 3.96. The number of hydrogen-bond donors (Lipinski definition) is 1. The summed E-state index contributed by atoms with van der Waals surface area (Å²) >= 11 is 5.60. The molecule has 0 saturated heterocycles. The Labute approximate surface area is 140 Å². The van der Waals surface area contributed by atoms with E-state index < -0.39 is 69.2 Å². The minimum absolute atomic E-state index is 0.862. The highest BCUT2D eigenvalue weighted by Crippen LogP contribution is 2.40. The molecule has 0 fully saturated rings. The lowest BCUT2D eigenvalue weighted by molar-refractivity contribution is -0.188. The van der Waals surface area contributed by atoms with E-state index in [1.165, 1.54) is 13.8 Å². The summed E-state index contributed by atoms with van der Waals surface area (Å²) in [6, 6.07) is 0. The van der Waals surface area contributed by atoms with Gasteiger partial charge in [0.2, 0.25) is 4.21 Å². The Morgan fingerprint density at radius 3 is 1.83 bits per heavy atom. The third-order valence-corrected chi connectivity index (χ3v) is 6.73. The number of rotatable bonds is 8. The van der Waals surface area contributed by atoms with Crippen LogP contribution in [-0.2, 0) is 14.6 Å². The second-order valence-electron chi connectivity index (χ2n) is 5.71. The second-order valence-corrected chi connectivity index (χ2v) is 8.91. The van der Waals surface area contributed by atoms with Gasteiger partial charge in [-0.25, -0.2) is 8.42 Å². The number of sulfone groups is 1. The van der Waals surface area contributed by atoms with Gasteiger partial charge in [-0.2, -0.15) is 26.3 Å². The van der Waals surface area contributed by atoms with Crippen molar-refractivity contribution in [3.05, 3.63) is 0 Å². The molecule has 0 aliphatic carbocycles. The molecule has 0 aliphatic heterocycles. The van der Waals surface area contributed by atoms with Crippen LogP contribution in [0.4, 0.5) is 26.3 Å². The molecule has 2 atom stereocenters. The van der Waals surface area contributed by atoms with Gasteiger partial charge in [-0.1, -0.05) is 25.4 Å². The molecule has 0 spiro atoms. The number of alkyl halides is 7. The summed E-state index contributed by atoms with van der Waals surface area (Å²) in [4.78, 5) is 11.4. The van der Waals surface area contributed by atoms with E-state index in [0.29, 0.717) is 0 Å². The van der Waals surface area contributed by atoms with Crippen molar-refractivity contribution in [3.8, 4) is 0 Å². The van der Waals surface area contributed by atoms with Gasteiger partial charge < -0.3 is 5.73 Å². The van der Waals surface area contributed by atoms with E-state index in [1.807, 2.05) is 0 Å². The van der Waals surface area contributed by atoms with E-state index in [4.69, 9.17) is 17.3 Å². The number of amides is 1. The molecular weight excluding hydrogens is 388 g/mol. The molecule has 0 heterocycles. The number of carbonyl (C=O) groups excluding carboxylic acids is 1. The molecule has 144 valence electrons. The lowest BCUT2D eigenvalue weighted by Crippen LogP contribution is -2.48. The van der Waals surface area contributed by atoms with Crippen LogP contribution in [0.2, 0.25) is 0 Å². The Kier molecular flexibility index (Phi) is 7.44. The fourth-order valence-electron chi connectivity index (χ4n) is 2.06. The third-order valence-electron chi connectivity index (χ3n) is 3.52. The minimum atomic E-state index is -4.92. The maximum atomic E-state index is 12.9. The van der Waals surface area contributed by atoms with E-state index in [0.717, 1.165) is 0 Å². The van der Waals surface area contributed by atoms with Crippen molar-refractivity contribution < 1.29 is 39.6 Å². The molecule has 0 aromatic carbocycles. The third kappa shape index (κ3) is 6.30. The molecule has 0 radical (unpaired) electrons. The topological polar surface area (TPSA) is 77.2 Å². The fraction of sp³-hybridized carbons (Fsp3) is 0.917. The van der Waals surface area contributed by atoms with Crippen molar-refractivity contribution in [3.63, 3.8) is 0 Å². The maximum absolute atomic E-state index is 12.9. The van der Waals surface area contributed by atoms with E-state index >= 15 is 0 Å². The molecule has 12 heteroatoms. The lowest BCUT2D eigenvalue weighted by atomic mass is 9.90. The first kappa shape index (κ1) is 23.3. The van der Waals surface area contributed by atoms with Gasteiger partial charge in [-0.05, 0) is 18.8 Å². The number of primary amides is 1. The van der Waals surface area contributed by atoms with Crippen LogP contribution in [0.1, 0.15) is 33.1 Å². The van der Waals surface area contributed by atoms with Gasteiger partial charge >= 0.3 is 12.4 Å². The molecule has 0 rings (SSSR count). The number of hydrogen-bond acceptors (Lipinski definition) is 3. The highest BCUT2D eigenvalue weighted by Gasteiger charge is 2.51. The van der Waals surface area contributed by atoms with Crippen LogP contribution in [-0.4, -0.2) is 36.6 Å². The van der Waals surface area contributed by atoms with Crippen LogP contribution in [0.25, 0.3) is 0 Å². The van der Waals surface area contributed by atoms with Crippen molar-refractivity contribution in [2.75, 3.05) is 5.75 Å². The van der Waals surface area contributed by atoms with E-state index in [-0.39, 0.29) is 0 Å². The Morgan fingerprint density at radius 1 is 1.08 bits per heavy atom. The summed E-state index contributed by atoms with van der Waals surface area (Å²) < 4.78 is 96.1. The van der Waals surface area contributed by atoms with Crippen LogP contribution in [0.5, 0.6) is 0 Å². The van der Waals surface area contributed by atoms with Gasteiger partial charge in [0.05, 0.1) is 18.1 Å².